The first-order valence-electron chi connectivity index (χ1n) is 30.3. The summed E-state index contributed by atoms with van der Waals surface area (Å²) in [4.78, 5) is 33.3. The lowest BCUT2D eigenvalue weighted by atomic mass is 9.77. The number of hydrogen-bond donors (Lipinski definition) is 2. The molecule has 0 amide bonds. The molecule has 0 spiro atoms. The molecule has 3 fully saturated rings. The molecule has 0 unspecified atom stereocenters. The van der Waals surface area contributed by atoms with Crippen LogP contribution in [-0.4, -0.2) is 116 Å². The number of aromatic nitrogens is 8. The smallest absolute Gasteiger partial charge is 0.351 e. The maximum Gasteiger partial charge on any atom is 0.523 e. The zero-order valence-corrected chi connectivity index (χ0v) is 53.3. The van der Waals surface area contributed by atoms with Gasteiger partial charge in [-0.3, -0.25) is 17.5 Å². The third kappa shape index (κ3) is 11.8. The Morgan fingerprint density at radius 3 is 1.23 bits per heavy atom. The van der Waals surface area contributed by atoms with E-state index in [0.717, 1.165) is 76.1 Å². The van der Waals surface area contributed by atoms with Crippen molar-refractivity contribution in [3.63, 3.8) is 0 Å². The molecule has 0 saturated carbocycles. The fourth-order valence-corrected chi connectivity index (χ4v) is 14.6. The van der Waals surface area contributed by atoms with Crippen molar-refractivity contribution in [2.45, 2.75) is 98.4 Å². The number of hydroxylamine groups is 2. The average molecular weight is 1350 g/mol. The van der Waals surface area contributed by atoms with E-state index in [1.165, 1.54) is 6.92 Å². The Morgan fingerprint density at radius 2 is 0.895 bits per heavy atom. The minimum Gasteiger partial charge on any atom is -0.351 e. The third-order valence-corrected chi connectivity index (χ3v) is 20.6. The lowest BCUT2D eigenvalue weighted by Gasteiger charge is -2.37. The van der Waals surface area contributed by atoms with Crippen molar-refractivity contribution in [2.24, 2.45) is 11.8 Å². The van der Waals surface area contributed by atoms with E-state index < -0.39 is 72.8 Å². The summed E-state index contributed by atoms with van der Waals surface area (Å²) in [5.41, 5.74) is -9.08. The lowest BCUT2D eigenvalue weighted by Crippen LogP contribution is -2.44. The number of nitrogens with one attached hydrogen (secondary N) is 2. The highest BCUT2D eigenvalue weighted by Gasteiger charge is 2.63. The van der Waals surface area contributed by atoms with Crippen LogP contribution in [0, 0.1) is 11.8 Å². The Kier molecular flexibility index (Phi) is 18.0. The standard InChI is InChI=1S/C34H31F6N5O7S2.C33H34N6O2/c1-3-31(19-50-53(46,47)33(35,36)37)22(2)27(52-54(48,49)34(38,39)40)30(51-31)45-21-43-26-28(41-20-42-29(26)45)44-32(23-13-7-4-8-14-23,24-15-9-5-10-16-24)25-17-11-6-12-18-25;1-4-32-20-39(40-3)28(23(32)2)31(41-32)38-22-36-27-29(34-21-35-30(27)38)37-33(24-14-8-5-9-15-24,25-16-10-6-11-17-25)26-18-12-7-13-19-26/h4-18,20-22,27,30H,3,19H2,1-2H3,(H,41,42,44);5-19,21-23,28,31H,4,20H2,1-3H3,(H,34,35,37)/t22-,27-,30-,31-;23-,28+,31-,32-/m11/s1. The van der Waals surface area contributed by atoms with Gasteiger partial charge in [-0.05, 0) is 46.2 Å². The highest BCUT2D eigenvalue weighted by Crippen LogP contribution is 2.54. The average Bonchev–Trinajstić information content (AvgIpc) is 1.64. The van der Waals surface area contributed by atoms with Gasteiger partial charge in [0.1, 0.15) is 35.4 Å². The molecule has 3 aliphatic rings. The second-order valence-corrected chi connectivity index (χ2v) is 26.5. The van der Waals surface area contributed by atoms with E-state index >= 15 is 0 Å². The SMILES string of the molecule is CC[C@]1(COS(=O)(=O)C(F)(F)F)O[C@@H](n2cnc3c(NC(c4ccccc4)(c4ccccc4)c4ccccc4)ncnc32)[C@H](OS(=O)(=O)C(F)(F)F)[C@H]1C.CC[C@]12CN(OC)[C@H]([C@H](n3cnc4c(NC(c5ccccc5)(c5ccccc5)c5ccccc5)ncnc43)O1)[C@H]2C. The van der Waals surface area contributed by atoms with Crippen molar-refractivity contribution in [1.29, 1.82) is 0 Å². The van der Waals surface area contributed by atoms with E-state index in [2.05, 4.69) is 126 Å². The molecule has 3 aliphatic heterocycles. The molecule has 6 aromatic carbocycles. The number of morpholine rings is 1. The normalized spacial score (nSPS) is 22.6. The van der Waals surface area contributed by atoms with Crippen molar-refractivity contribution in [1.82, 2.24) is 44.1 Å². The first kappa shape index (κ1) is 66.3. The number of nitrogens with zero attached hydrogens (tertiary/aromatic N) is 9. The predicted molar refractivity (Wildman–Crippen MR) is 339 cm³/mol. The fourth-order valence-electron chi connectivity index (χ4n) is 13.4. The van der Waals surface area contributed by atoms with E-state index in [-0.39, 0.29) is 41.3 Å². The molecule has 496 valence electrons. The summed E-state index contributed by atoms with van der Waals surface area (Å²) in [6, 6.07) is 59.5. The van der Waals surface area contributed by atoms with Gasteiger partial charge in [-0.15, -0.1) is 0 Å². The maximum atomic E-state index is 13.6. The quantitative estimate of drug-likeness (QED) is 0.0313. The molecular weight excluding hydrogens is 1280 g/mol. The Morgan fingerprint density at radius 1 is 0.516 bits per heavy atom. The van der Waals surface area contributed by atoms with Gasteiger partial charge in [0.05, 0.1) is 44.6 Å². The molecule has 0 radical (unpaired) electrons. The maximum absolute atomic E-state index is 13.6. The van der Waals surface area contributed by atoms with Crippen LogP contribution in [-0.2, 0) is 54.0 Å². The van der Waals surface area contributed by atoms with Crippen LogP contribution in [0.4, 0.5) is 38.0 Å². The largest absolute Gasteiger partial charge is 0.523 e. The number of hydrogen-bond acceptors (Lipinski definition) is 18. The molecular formula is C67H65F6N11O9S2. The number of imidazole rings is 2. The first-order valence-corrected chi connectivity index (χ1v) is 33.2. The van der Waals surface area contributed by atoms with Crippen LogP contribution in [0.3, 0.4) is 0 Å². The van der Waals surface area contributed by atoms with Gasteiger partial charge < -0.3 is 24.9 Å². The van der Waals surface area contributed by atoms with Gasteiger partial charge in [-0.1, -0.05) is 210 Å². The Labute approximate surface area is 543 Å². The molecule has 28 heteroatoms. The van der Waals surface area contributed by atoms with Crippen molar-refractivity contribution < 1.29 is 65.9 Å². The van der Waals surface area contributed by atoms with Gasteiger partial charge in [-0.25, -0.2) is 29.9 Å². The molecule has 0 aliphatic carbocycles. The molecule has 3 saturated heterocycles. The third-order valence-electron chi connectivity index (χ3n) is 18.5. The number of ether oxygens (including phenoxy) is 2. The van der Waals surface area contributed by atoms with Gasteiger partial charge in [0.2, 0.25) is 0 Å². The zero-order chi connectivity index (χ0) is 67.2. The van der Waals surface area contributed by atoms with Gasteiger partial charge in [-0.2, -0.15) is 48.2 Å². The van der Waals surface area contributed by atoms with Gasteiger partial charge in [0.25, 0.3) is 0 Å². The molecule has 8 atom stereocenters. The summed E-state index contributed by atoms with van der Waals surface area (Å²) >= 11 is 0. The van der Waals surface area contributed by atoms with Crippen molar-refractivity contribution >= 4 is 54.2 Å². The van der Waals surface area contributed by atoms with E-state index in [4.69, 9.17) is 29.3 Å². The van der Waals surface area contributed by atoms with Gasteiger partial charge in [0, 0.05) is 11.8 Å². The Hall–Kier alpha value is -8.74. The van der Waals surface area contributed by atoms with Crippen molar-refractivity contribution in [3.05, 3.63) is 241 Å². The molecule has 2 N–H and O–H groups in total. The second kappa shape index (κ2) is 25.8. The number of benzene rings is 6. The molecule has 13 rings (SSSR count). The molecule has 20 nitrogen and oxygen atoms in total. The highest BCUT2D eigenvalue weighted by molar-refractivity contribution is 7.87. The molecule has 7 heterocycles. The summed E-state index contributed by atoms with van der Waals surface area (Å²) in [6.07, 6.45) is 1.92. The van der Waals surface area contributed by atoms with Crippen LogP contribution in [0.1, 0.15) is 86.4 Å². The van der Waals surface area contributed by atoms with Crippen LogP contribution >= 0.6 is 0 Å². The van der Waals surface area contributed by atoms with Crippen LogP contribution < -0.4 is 10.6 Å². The zero-order valence-electron chi connectivity index (χ0n) is 51.7. The summed E-state index contributed by atoms with van der Waals surface area (Å²) in [5, 5.41) is 9.43. The lowest BCUT2D eigenvalue weighted by molar-refractivity contribution is -0.234. The Bertz CT molecular complexity index is 4340. The predicted octanol–water partition coefficient (Wildman–Crippen LogP) is 12.4. The molecule has 2 bridgehead atoms. The highest BCUT2D eigenvalue weighted by atomic mass is 32.2. The number of anilines is 2. The van der Waals surface area contributed by atoms with Gasteiger partial charge in [0.15, 0.2) is 46.4 Å². The van der Waals surface area contributed by atoms with Gasteiger partial charge >= 0.3 is 31.3 Å². The van der Waals surface area contributed by atoms with Crippen LogP contribution in [0.25, 0.3) is 22.3 Å². The minimum atomic E-state index is -6.34. The van der Waals surface area contributed by atoms with Crippen molar-refractivity contribution in [3.8, 4) is 0 Å². The molecule has 95 heavy (non-hydrogen) atoms. The van der Waals surface area contributed by atoms with E-state index in [9.17, 15) is 43.2 Å². The first-order chi connectivity index (χ1) is 45.5. The Balaban J connectivity index is 0.000000188. The summed E-state index contributed by atoms with van der Waals surface area (Å²) in [6.45, 7) is 6.31. The summed E-state index contributed by atoms with van der Waals surface area (Å²) < 4.78 is 154. The van der Waals surface area contributed by atoms with E-state index in [1.807, 2.05) is 120 Å². The minimum absolute atomic E-state index is 0.0308. The molecule has 10 aromatic rings. The monoisotopic (exact) mass is 1350 g/mol. The van der Waals surface area contributed by atoms with Crippen LogP contribution in [0.5, 0.6) is 0 Å². The fraction of sp³-hybridized carbons (Fsp3) is 0.313. The number of fused-ring (bicyclic) bond motifs is 4. The van der Waals surface area contributed by atoms with Crippen LogP contribution in [0.2, 0.25) is 0 Å². The van der Waals surface area contributed by atoms with E-state index in [1.54, 1.807) is 13.4 Å². The number of halogens is 6. The summed E-state index contributed by atoms with van der Waals surface area (Å²) in [5.74, 6) is -0.457. The summed E-state index contributed by atoms with van der Waals surface area (Å²) in [7, 11) is -10.8. The molecule has 4 aromatic heterocycles. The van der Waals surface area contributed by atoms with Crippen molar-refractivity contribution in [2.75, 3.05) is 30.9 Å². The number of rotatable bonds is 20. The van der Waals surface area contributed by atoms with E-state index in [0.29, 0.717) is 17.3 Å². The number of alkyl halides is 6. The van der Waals surface area contributed by atoms with Crippen LogP contribution in [0.15, 0.2) is 207 Å². The topological polar surface area (TPSA) is 229 Å². The second-order valence-electron chi connectivity index (χ2n) is 23.3.